The minimum atomic E-state index is 0.259. The second-order valence-corrected chi connectivity index (χ2v) is 4.65. The second kappa shape index (κ2) is 11.6. The Bertz CT molecular complexity index is 157. The molecule has 0 aromatic rings. The van der Waals surface area contributed by atoms with Crippen molar-refractivity contribution in [1.29, 1.82) is 5.26 Å². The first kappa shape index (κ1) is 14.5. The van der Waals surface area contributed by atoms with Crippen molar-refractivity contribution in [3.05, 3.63) is 0 Å². The summed E-state index contributed by atoms with van der Waals surface area (Å²) in [4.78, 5) is 0. The number of hydrogen-bond acceptors (Lipinski definition) is 1. The van der Waals surface area contributed by atoms with E-state index >= 15 is 0 Å². The van der Waals surface area contributed by atoms with Gasteiger partial charge in [0.2, 0.25) is 0 Å². The first-order valence-electron chi connectivity index (χ1n) is 6.70. The van der Waals surface area contributed by atoms with Gasteiger partial charge in [0.25, 0.3) is 0 Å². The van der Waals surface area contributed by atoms with E-state index in [0.717, 1.165) is 6.42 Å². The first-order valence-corrected chi connectivity index (χ1v) is 6.70. The quantitative estimate of drug-likeness (QED) is 0.461. The summed E-state index contributed by atoms with van der Waals surface area (Å²) in [6.45, 7) is 4.28. The molecule has 88 valence electrons. The van der Waals surface area contributed by atoms with Gasteiger partial charge in [0.1, 0.15) is 0 Å². The van der Waals surface area contributed by atoms with Crippen molar-refractivity contribution in [2.75, 3.05) is 0 Å². The summed E-state index contributed by atoms with van der Waals surface area (Å²) in [5.74, 6) is 0.259. The van der Waals surface area contributed by atoms with Gasteiger partial charge in [-0.15, -0.1) is 0 Å². The van der Waals surface area contributed by atoms with E-state index in [1.165, 1.54) is 57.8 Å². The zero-order valence-corrected chi connectivity index (χ0v) is 10.6. The molecule has 1 unspecified atom stereocenters. The molecule has 0 aliphatic rings. The molecule has 0 saturated carbocycles. The average Bonchev–Trinajstić information content (AvgIpc) is 2.26. The summed E-state index contributed by atoms with van der Waals surface area (Å²) in [6.07, 6.45) is 13.4. The van der Waals surface area contributed by atoms with Crippen LogP contribution >= 0.6 is 0 Å². The highest BCUT2D eigenvalue weighted by Gasteiger charge is 1.98. The van der Waals surface area contributed by atoms with E-state index < -0.39 is 0 Å². The van der Waals surface area contributed by atoms with Crippen LogP contribution in [0.2, 0.25) is 0 Å². The third-order valence-corrected chi connectivity index (χ3v) is 2.96. The summed E-state index contributed by atoms with van der Waals surface area (Å²) in [5, 5.41) is 8.61. The van der Waals surface area contributed by atoms with Crippen LogP contribution in [0.15, 0.2) is 0 Å². The maximum Gasteiger partial charge on any atom is 0.0652 e. The molecule has 0 aromatic heterocycles. The molecule has 0 bridgehead atoms. The van der Waals surface area contributed by atoms with Crippen molar-refractivity contribution in [3.8, 4) is 6.07 Å². The fraction of sp³-hybridized carbons (Fsp3) is 0.929. The van der Waals surface area contributed by atoms with Gasteiger partial charge >= 0.3 is 0 Å². The maximum atomic E-state index is 8.61. The third-order valence-electron chi connectivity index (χ3n) is 2.96. The summed E-state index contributed by atoms with van der Waals surface area (Å²) >= 11 is 0. The monoisotopic (exact) mass is 209 g/mol. The molecule has 1 nitrogen and oxygen atoms in total. The van der Waals surface area contributed by atoms with Gasteiger partial charge in [-0.25, -0.2) is 0 Å². The molecule has 1 atom stereocenters. The fourth-order valence-electron chi connectivity index (χ4n) is 1.83. The van der Waals surface area contributed by atoms with Crippen LogP contribution < -0.4 is 0 Å². The van der Waals surface area contributed by atoms with E-state index in [-0.39, 0.29) is 5.92 Å². The minimum Gasteiger partial charge on any atom is -0.198 e. The topological polar surface area (TPSA) is 23.8 Å². The van der Waals surface area contributed by atoms with Crippen LogP contribution in [0.1, 0.15) is 78.1 Å². The van der Waals surface area contributed by atoms with Crippen molar-refractivity contribution in [3.63, 3.8) is 0 Å². The lowest BCUT2D eigenvalue weighted by molar-refractivity contribution is 0.533. The summed E-state index contributed by atoms with van der Waals surface area (Å²) in [7, 11) is 0. The molecule has 1 heteroatoms. The molecule has 0 saturated heterocycles. The van der Waals surface area contributed by atoms with E-state index in [1.54, 1.807) is 0 Å². The molecule has 0 amide bonds. The minimum absolute atomic E-state index is 0.259. The van der Waals surface area contributed by atoms with Gasteiger partial charge in [0, 0.05) is 5.92 Å². The Morgan fingerprint density at radius 1 is 0.867 bits per heavy atom. The Kier molecular flexibility index (Phi) is 11.2. The molecule has 0 aliphatic heterocycles. The Morgan fingerprint density at radius 3 is 1.80 bits per heavy atom. The molecule has 0 aliphatic carbocycles. The largest absolute Gasteiger partial charge is 0.198 e. The molecular weight excluding hydrogens is 182 g/mol. The molecule has 0 N–H and O–H groups in total. The fourth-order valence-corrected chi connectivity index (χ4v) is 1.83. The first-order chi connectivity index (χ1) is 7.31. The normalized spacial score (nSPS) is 12.3. The molecule has 0 fully saturated rings. The number of unbranched alkanes of at least 4 members (excludes halogenated alkanes) is 8. The summed E-state index contributed by atoms with van der Waals surface area (Å²) in [6, 6.07) is 2.29. The predicted molar refractivity (Wildman–Crippen MR) is 66.6 cm³/mol. The van der Waals surface area contributed by atoms with Gasteiger partial charge in [0.15, 0.2) is 0 Å². The van der Waals surface area contributed by atoms with Crippen LogP contribution in [0.5, 0.6) is 0 Å². The van der Waals surface area contributed by atoms with Crippen molar-refractivity contribution in [2.24, 2.45) is 5.92 Å². The zero-order chi connectivity index (χ0) is 11.4. The number of rotatable bonds is 10. The van der Waals surface area contributed by atoms with Crippen molar-refractivity contribution in [2.45, 2.75) is 78.1 Å². The van der Waals surface area contributed by atoms with Crippen LogP contribution in [-0.4, -0.2) is 0 Å². The lowest BCUT2D eigenvalue weighted by Gasteiger charge is -2.03. The van der Waals surface area contributed by atoms with Crippen LogP contribution in [0.25, 0.3) is 0 Å². The maximum absolute atomic E-state index is 8.61. The zero-order valence-electron chi connectivity index (χ0n) is 10.6. The molecule has 0 rings (SSSR count). The number of nitrogens with zero attached hydrogens (tertiary/aromatic N) is 1. The molecule has 0 radical (unpaired) electrons. The highest BCUT2D eigenvalue weighted by atomic mass is 14.3. The number of nitriles is 1. The lowest BCUT2D eigenvalue weighted by Crippen LogP contribution is -1.89. The summed E-state index contributed by atoms with van der Waals surface area (Å²) in [5.41, 5.74) is 0. The third kappa shape index (κ3) is 11.4. The molecule has 0 heterocycles. The van der Waals surface area contributed by atoms with Gasteiger partial charge < -0.3 is 0 Å². The van der Waals surface area contributed by atoms with Gasteiger partial charge in [-0.2, -0.15) is 5.26 Å². The highest BCUT2D eigenvalue weighted by Crippen LogP contribution is 2.12. The van der Waals surface area contributed by atoms with E-state index in [0.29, 0.717) is 0 Å². The second-order valence-electron chi connectivity index (χ2n) is 4.65. The van der Waals surface area contributed by atoms with Gasteiger partial charge in [-0.3, -0.25) is 0 Å². The van der Waals surface area contributed by atoms with Crippen LogP contribution in [0.3, 0.4) is 0 Å². The van der Waals surface area contributed by atoms with E-state index in [1.807, 2.05) is 6.92 Å². The highest BCUT2D eigenvalue weighted by molar-refractivity contribution is 4.77. The van der Waals surface area contributed by atoms with Crippen LogP contribution in [0, 0.1) is 17.2 Å². The lowest BCUT2D eigenvalue weighted by atomic mass is 10.0. The Labute approximate surface area is 95.9 Å². The van der Waals surface area contributed by atoms with E-state index in [2.05, 4.69) is 13.0 Å². The van der Waals surface area contributed by atoms with Gasteiger partial charge in [-0.05, 0) is 13.3 Å². The SMILES string of the molecule is CCCCCCCCCCCC(C)C#N. The molecule has 0 spiro atoms. The van der Waals surface area contributed by atoms with Gasteiger partial charge in [0.05, 0.1) is 6.07 Å². The molecule has 0 aromatic carbocycles. The standard InChI is InChI=1S/C14H27N/c1-3-4-5-6-7-8-9-10-11-12-14(2)13-15/h14H,3-12H2,1-2H3. The smallest absolute Gasteiger partial charge is 0.0652 e. The van der Waals surface area contributed by atoms with Gasteiger partial charge in [-0.1, -0.05) is 64.7 Å². The Morgan fingerprint density at radius 2 is 1.33 bits per heavy atom. The van der Waals surface area contributed by atoms with Crippen molar-refractivity contribution >= 4 is 0 Å². The molecular formula is C14H27N. The van der Waals surface area contributed by atoms with Crippen LogP contribution in [-0.2, 0) is 0 Å². The predicted octanol–water partition coefficient (Wildman–Crippen LogP) is 5.07. The molecule has 15 heavy (non-hydrogen) atoms. The number of hydrogen-bond donors (Lipinski definition) is 0. The summed E-state index contributed by atoms with van der Waals surface area (Å²) < 4.78 is 0. The average molecular weight is 209 g/mol. The Hall–Kier alpha value is -0.510. The van der Waals surface area contributed by atoms with Crippen molar-refractivity contribution < 1.29 is 0 Å². The van der Waals surface area contributed by atoms with Crippen LogP contribution in [0.4, 0.5) is 0 Å². The Balaban J connectivity index is 2.96. The van der Waals surface area contributed by atoms with E-state index in [4.69, 9.17) is 5.26 Å². The van der Waals surface area contributed by atoms with Crippen molar-refractivity contribution in [1.82, 2.24) is 0 Å². The van der Waals surface area contributed by atoms with E-state index in [9.17, 15) is 0 Å².